The lowest BCUT2D eigenvalue weighted by molar-refractivity contribution is -0.384. The van der Waals surface area contributed by atoms with Crippen molar-refractivity contribution >= 4 is 21.4 Å². The second kappa shape index (κ2) is 7.44. The zero-order chi connectivity index (χ0) is 20.5. The first-order valence-corrected chi connectivity index (χ1v) is 10.1. The van der Waals surface area contributed by atoms with Gasteiger partial charge in [0.15, 0.2) is 0 Å². The van der Waals surface area contributed by atoms with Crippen molar-refractivity contribution in [2.75, 3.05) is 4.72 Å². The fourth-order valence-electron chi connectivity index (χ4n) is 3.39. The summed E-state index contributed by atoms with van der Waals surface area (Å²) in [6.45, 7) is 5.46. The molecule has 6 nitrogen and oxygen atoms in total. The normalized spacial score (nSPS) is 11.2. The van der Waals surface area contributed by atoms with E-state index in [1.807, 2.05) is 19.1 Å². The summed E-state index contributed by atoms with van der Waals surface area (Å²) >= 11 is 0. The number of nitro groups is 1. The Bertz CT molecular complexity index is 1130. The van der Waals surface area contributed by atoms with Crippen LogP contribution in [0.15, 0.2) is 65.6 Å². The minimum absolute atomic E-state index is 0.00161. The summed E-state index contributed by atoms with van der Waals surface area (Å²) in [6, 6.07) is 16.6. The summed E-state index contributed by atoms with van der Waals surface area (Å²) in [4.78, 5) is 11.0. The van der Waals surface area contributed by atoms with E-state index in [9.17, 15) is 18.5 Å². The highest BCUT2D eigenvalue weighted by molar-refractivity contribution is 7.92. The monoisotopic (exact) mass is 396 g/mol. The largest absolute Gasteiger partial charge is 0.280 e. The van der Waals surface area contributed by atoms with Crippen molar-refractivity contribution in [3.63, 3.8) is 0 Å². The Morgan fingerprint density at radius 2 is 1.46 bits per heavy atom. The minimum Gasteiger partial charge on any atom is -0.280 e. The zero-order valence-electron chi connectivity index (χ0n) is 15.8. The second-order valence-electron chi connectivity index (χ2n) is 6.68. The molecule has 3 aromatic carbocycles. The van der Waals surface area contributed by atoms with Gasteiger partial charge in [-0.3, -0.25) is 14.8 Å². The van der Waals surface area contributed by atoms with E-state index in [0.717, 1.165) is 5.56 Å². The maximum atomic E-state index is 12.9. The number of nitrogens with zero attached hydrogens (tertiary/aromatic N) is 1. The molecule has 7 heteroatoms. The number of nitro benzene ring substituents is 1. The van der Waals surface area contributed by atoms with Crippen LogP contribution in [0.1, 0.15) is 16.7 Å². The Balaban J connectivity index is 1.93. The Kier molecular flexibility index (Phi) is 5.20. The van der Waals surface area contributed by atoms with Crippen LogP contribution in [0.5, 0.6) is 0 Å². The molecule has 0 spiro atoms. The predicted molar refractivity (Wildman–Crippen MR) is 110 cm³/mol. The molecule has 0 heterocycles. The number of hydrogen-bond donors (Lipinski definition) is 1. The maximum Gasteiger partial charge on any atom is 0.277 e. The van der Waals surface area contributed by atoms with Crippen LogP contribution in [-0.4, -0.2) is 13.3 Å². The van der Waals surface area contributed by atoms with Crippen molar-refractivity contribution in [1.29, 1.82) is 0 Å². The van der Waals surface area contributed by atoms with Gasteiger partial charge in [-0.05, 0) is 55.7 Å². The lowest BCUT2D eigenvalue weighted by Gasteiger charge is -2.14. The number of benzene rings is 3. The molecule has 3 rings (SSSR count). The van der Waals surface area contributed by atoms with Crippen molar-refractivity contribution in [3.8, 4) is 11.1 Å². The molecule has 1 N–H and O–H groups in total. The fraction of sp³-hybridized carbons (Fsp3) is 0.143. The van der Waals surface area contributed by atoms with Gasteiger partial charge in [-0.2, -0.15) is 0 Å². The Morgan fingerprint density at radius 3 is 2.04 bits per heavy atom. The smallest absolute Gasteiger partial charge is 0.277 e. The van der Waals surface area contributed by atoms with E-state index in [1.165, 1.54) is 6.07 Å². The summed E-state index contributed by atoms with van der Waals surface area (Å²) in [6.07, 6.45) is 0. The van der Waals surface area contributed by atoms with Crippen LogP contribution in [0.2, 0.25) is 0 Å². The van der Waals surface area contributed by atoms with Crippen LogP contribution in [0.25, 0.3) is 11.1 Å². The second-order valence-corrected chi connectivity index (χ2v) is 8.30. The van der Waals surface area contributed by atoms with Gasteiger partial charge in [0, 0.05) is 11.8 Å². The van der Waals surface area contributed by atoms with Gasteiger partial charge in [0.1, 0.15) is 0 Å². The molecule has 28 heavy (non-hydrogen) atoms. The van der Waals surface area contributed by atoms with Crippen molar-refractivity contribution in [3.05, 3.63) is 87.5 Å². The van der Waals surface area contributed by atoms with E-state index in [1.54, 1.807) is 56.3 Å². The first kappa shape index (κ1) is 19.6. The van der Waals surface area contributed by atoms with Gasteiger partial charge in [0.2, 0.25) is 0 Å². The SMILES string of the molecule is Cc1cc(C)c(S(=O)(=O)Nc2ccc(-c3ccccc3[N+](=O)[O-])cc2)c(C)c1. The molecule has 0 bridgehead atoms. The summed E-state index contributed by atoms with van der Waals surface area (Å²) in [5.41, 5.74) is 3.87. The quantitative estimate of drug-likeness (QED) is 0.486. The lowest BCUT2D eigenvalue weighted by Crippen LogP contribution is -2.15. The zero-order valence-corrected chi connectivity index (χ0v) is 16.6. The van der Waals surface area contributed by atoms with Crippen molar-refractivity contribution in [2.24, 2.45) is 0 Å². The standard InChI is InChI=1S/C21H20N2O4S/c1-14-12-15(2)21(16(3)13-14)28(26,27)22-18-10-8-17(9-11-18)19-6-4-5-7-20(19)23(24)25/h4-13,22H,1-3H3. The van der Waals surface area contributed by atoms with Gasteiger partial charge in [-0.15, -0.1) is 0 Å². The van der Waals surface area contributed by atoms with Gasteiger partial charge in [0.25, 0.3) is 15.7 Å². The van der Waals surface area contributed by atoms with Gasteiger partial charge < -0.3 is 0 Å². The van der Waals surface area contributed by atoms with Gasteiger partial charge >= 0.3 is 0 Å². The molecule has 0 aliphatic carbocycles. The fourth-order valence-corrected chi connectivity index (χ4v) is 4.91. The van der Waals surface area contributed by atoms with Crippen LogP contribution in [0.4, 0.5) is 11.4 Å². The molecule has 0 atom stereocenters. The molecular formula is C21H20N2O4S. The third-order valence-corrected chi connectivity index (χ3v) is 6.11. The molecule has 0 saturated heterocycles. The minimum atomic E-state index is -3.75. The molecule has 0 aromatic heterocycles. The first-order chi connectivity index (χ1) is 13.2. The summed E-state index contributed by atoms with van der Waals surface area (Å²) in [7, 11) is -3.75. The van der Waals surface area contributed by atoms with Gasteiger partial charge in [-0.1, -0.05) is 42.0 Å². The number of anilines is 1. The average Bonchev–Trinajstić information content (AvgIpc) is 2.60. The third-order valence-electron chi connectivity index (χ3n) is 4.42. The Labute approximate surface area is 164 Å². The molecule has 0 saturated carbocycles. The highest BCUT2D eigenvalue weighted by Crippen LogP contribution is 2.31. The molecule has 144 valence electrons. The molecule has 0 aliphatic heterocycles. The number of sulfonamides is 1. The summed E-state index contributed by atoms with van der Waals surface area (Å²) in [5, 5.41) is 11.2. The van der Waals surface area contributed by atoms with E-state index >= 15 is 0 Å². The Hall–Kier alpha value is -3.19. The van der Waals surface area contributed by atoms with Crippen LogP contribution in [-0.2, 0) is 10.0 Å². The molecule has 0 radical (unpaired) electrons. The van der Waals surface area contributed by atoms with Gasteiger partial charge in [-0.25, -0.2) is 8.42 Å². The van der Waals surface area contributed by atoms with E-state index < -0.39 is 14.9 Å². The molecule has 0 fully saturated rings. The number of hydrogen-bond acceptors (Lipinski definition) is 4. The Morgan fingerprint density at radius 1 is 0.893 bits per heavy atom. The molecule has 0 aliphatic rings. The van der Waals surface area contributed by atoms with Crippen molar-refractivity contribution in [2.45, 2.75) is 25.7 Å². The molecular weight excluding hydrogens is 376 g/mol. The molecule has 0 unspecified atom stereocenters. The van der Waals surface area contributed by atoms with Crippen molar-refractivity contribution in [1.82, 2.24) is 0 Å². The topological polar surface area (TPSA) is 89.3 Å². The van der Waals surface area contributed by atoms with E-state index in [2.05, 4.69) is 4.72 Å². The van der Waals surface area contributed by atoms with Crippen LogP contribution in [0.3, 0.4) is 0 Å². The van der Waals surface area contributed by atoms with Gasteiger partial charge in [0.05, 0.1) is 15.4 Å². The highest BCUT2D eigenvalue weighted by Gasteiger charge is 2.20. The average molecular weight is 396 g/mol. The van der Waals surface area contributed by atoms with E-state index in [4.69, 9.17) is 0 Å². The number of rotatable bonds is 5. The number of para-hydroxylation sites is 1. The van der Waals surface area contributed by atoms with E-state index in [0.29, 0.717) is 27.9 Å². The first-order valence-electron chi connectivity index (χ1n) is 8.63. The molecule has 0 amide bonds. The van der Waals surface area contributed by atoms with Crippen LogP contribution < -0.4 is 4.72 Å². The maximum absolute atomic E-state index is 12.9. The summed E-state index contributed by atoms with van der Waals surface area (Å²) in [5.74, 6) is 0. The van der Waals surface area contributed by atoms with Crippen molar-refractivity contribution < 1.29 is 13.3 Å². The van der Waals surface area contributed by atoms with E-state index in [-0.39, 0.29) is 10.6 Å². The third kappa shape index (κ3) is 3.89. The predicted octanol–water partition coefficient (Wildman–Crippen LogP) is 4.99. The summed E-state index contributed by atoms with van der Waals surface area (Å²) < 4.78 is 28.3. The van der Waals surface area contributed by atoms with Crippen LogP contribution in [0, 0.1) is 30.9 Å². The molecule has 3 aromatic rings. The van der Waals surface area contributed by atoms with Crippen LogP contribution >= 0.6 is 0 Å². The highest BCUT2D eigenvalue weighted by atomic mass is 32.2. The number of aryl methyl sites for hydroxylation is 3. The number of nitrogens with one attached hydrogen (secondary N) is 1. The lowest BCUT2D eigenvalue weighted by atomic mass is 10.0.